The number of nitrogens with two attached hydrogens (primary N) is 1. The Morgan fingerprint density at radius 1 is 1.25 bits per heavy atom. The number of hydrogen-bond donors (Lipinski definition) is 1. The van der Waals surface area contributed by atoms with Crippen LogP contribution in [-0.4, -0.2) is 33.6 Å². The van der Waals surface area contributed by atoms with Gasteiger partial charge >= 0.3 is 0 Å². The van der Waals surface area contributed by atoms with Crippen LogP contribution in [0.1, 0.15) is 31.9 Å². The van der Waals surface area contributed by atoms with Crippen molar-refractivity contribution < 1.29 is 17.9 Å². The molecule has 0 aromatic heterocycles. The van der Waals surface area contributed by atoms with Crippen LogP contribution in [0.15, 0.2) is 18.2 Å². The first-order chi connectivity index (χ1) is 9.35. The van der Waals surface area contributed by atoms with Crippen molar-refractivity contribution in [3.8, 4) is 11.5 Å². The molecule has 0 amide bonds. The predicted octanol–water partition coefficient (Wildman–Crippen LogP) is 1.92. The zero-order valence-electron chi connectivity index (χ0n) is 12.4. The maximum absolute atomic E-state index is 12.1. The van der Waals surface area contributed by atoms with Crippen molar-refractivity contribution in [1.82, 2.24) is 0 Å². The maximum Gasteiger partial charge on any atom is 0.154 e. The van der Waals surface area contributed by atoms with Gasteiger partial charge in [-0.2, -0.15) is 0 Å². The molecule has 114 valence electrons. The van der Waals surface area contributed by atoms with E-state index in [-0.39, 0.29) is 5.75 Å². The Morgan fingerprint density at radius 2 is 1.90 bits per heavy atom. The normalized spacial score (nSPS) is 14.7. The topological polar surface area (TPSA) is 78.6 Å². The molecule has 0 heterocycles. The lowest BCUT2D eigenvalue weighted by Gasteiger charge is -2.18. The van der Waals surface area contributed by atoms with Crippen LogP contribution in [0.5, 0.6) is 11.5 Å². The van der Waals surface area contributed by atoms with Gasteiger partial charge in [0.1, 0.15) is 11.5 Å². The van der Waals surface area contributed by atoms with Crippen LogP contribution in [0.3, 0.4) is 0 Å². The average molecular weight is 301 g/mol. The van der Waals surface area contributed by atoms with Crippen LogP contribution < -0.4 is 15.2 Å². The second kappa shape index (κ2) is 6.95. The van der Waals surface area contributed by atoms with Crippen LogP contribution in [0.4, 0.5) is 0 Å². The Morgan fingerprint density at radius 3 is 2.40 bits per heavy atom. The minimum absolute atomic E-state index is 0.0926. The fourth-order valence-corrected chi connectivity index (χ4v) is 3.40. The van der Waals surface area contributed by atoms with E-state index in [1.54, 1.807) is 32.2 Å². The van der Waals surface area contributed by atoms with Crippen molar-refractivity contribution in [3.63, 3.8) is 0 Å². The van der Waals surface area contributed by atoms with E-state index >= 15 is 0 Å². The number of hydrogen-bond acceptors (Lipinski definition) is 5. The summed E-state index contributed by atoms with van der Waals surface area (Å²) in [5.74, 6) is 1.09. The molecule has 0 bridgehead atoms. The van der Waals surface area contributed by atoms with Crippen molar-refractivity contribution >= 4 is 9.84 Å². The lowest BCUT2D eigenvalue weighted by molar-refractivity contribution is 0.389. The van der Waals surface area contributed by atoms with E-state index in [1.807, 2.05) is 6.92 Å². The largest absolute Gasteiger partial charge is 0.497 e. The fourth-order valence-electron chi connectivity index (χ4n) is 1.88. The zero-order chi connectivity index (χ0) is 15.3. The molecule has 20 heavy (non-hydrogen) atoms. The number of ether oxygens (including phenoxy) is 2. The van der Waals surface area contributed by atoms with Gasteiger partial charge in [0, 0.05) is 17.7 Å². The Labute approximate surface area is 121 Å². The van der Waals surface area contributed by atoms with E-state index in [2.05, 4.69) is 0 Å². The minimum Gasteiger partial charge on any atom is -0.497 e. The standard InChI is InChI=1S/C14H23NO4S/c1-5-10(2)20(16,17)9-13(15)12-7-6-11(18-3)8-14(12)19-4/h6-8,10,13H,5,9,15H2,1-4H3. The summed E-state index contributed by atoms with van der Waals surface area (Å²) in [5, 5.41) is -0.391. The number of rotatable bonds is 7. The maximum atomic E-state index is 12.1. The highest BCUT2D eigenvalue weighted by atomic mass is 32.2. The second-order valence-electron chi connectivity index (χ2n) is 4.76. The highest BCUT2D eigenvalue weighted by Gasteiger charge is 2.24. The van der Waals surface area contributed by atoms with E-state index < -0.39 is 21.1 Å². The molecule has 0 spiro atoms. The molecule has 0 aliphatic heterocycles. The zero-order valence-corrected chi connectivity index (χ0v) is 13.2. The molecule has 0 fully saturated rings. The van der Waals surface area contributed by atoms with Crippen molar-refractivity contribution in [2.45, 2.75) is 31.6 Å². The first-order valence-electron chi connectivity index (χ1n) is 6.54. The second-order valence-corrected chi connectivity index (χ2v) is 7.23. The molecule has 2 unspecified atom stereocenters. The Hall–Kier alpha value is -1.27. The van der Waals surface area contributed by atoms with E-state index in [0.29, 0.717) is 23.5 Å². The molecule has 0 aliphatic rings. The molecular weight excluding hydrogens is 278 g/mol. The average Bonchev–Trinajstić information content (AvgIpc) is 2.44. The molecule has 1 aromatic rings. The molecule has 1 rings (SSSR count). The molecule has 0 aliphatic carbocycles. The van der Waals surface area contributed by atoms with Gasteiger partial charge in [-0.15, -0.1) is 0 Å². The minimum atomic E-state index is -3.21. The number of benzene rings is 1. The fraction of sp³-hybridized carbons (Fsp3) is 0.571. The summed E-state index contributed by atoms with van der Waals surface area (Å²) in [4.78, 5) is 0. The molecule has 2 N–H and O–H groups in total. The molecule has 0 saturated heterocycles. The van der Waals surface area contributed by atoms with E-state index in [4.69, 9.17) is 15.2 Å². The molecule has 2 atom stereocenters. The van der Waals surface area contributed by atoms with Crippen LogP contribution in [-0.2, 0) is 9.84 Å². The molecule has 0 saturated carbocycles. The van der Waals surface area contributed by atoms with Gasteiger partial charge in [0.25, 0.3) is 0 Å². The smallest absolute Gasteiger partial charge is 0.154 e. The van der Waals surface area contributed by atoms with Crippen LogP contribution in [0.2, 0.25) is 0 Å². The molecular formula is C14H23NO4S. The number of methoxy groups -OCH3 is 2. The highest BCUT2D eigenvalue weighted by Crippen LogP contribution is 2.29. The summed E-state index contributed by atoms with van der Waals surface area (Å²) in [6.07, 6.45) is 0.578. The van der Waals surface area contributed by atoms with Crippen LogP contribution in [0, 0.1) is 0 Å². The van der Waals surface area contributed by atoms with E-state index in [9.17, 15) is 8.42 Å². The molecule has 6 heteroatoms. The summed E-state index contributed by atoms with van der Waals surface area (Å²) in [7, 11) is -0.131. The Balaban J connectivity index is 3.01. The monoisotopic (exact) mass is 301 g/mol. The highest BCUT2D eigenvalue weighted by molar-refractivity contribution is 7.92. The summed E-state index contributed by atoms with van der Waals surface area (Å²) >= 11 is 0. The van der Waals surface area contributed by atoms with Gasteiger partial charge < -0.3 is 15.2 Å². The Bertz CT molecular complexity index is 542. The molecule has 0 radical (unpaired) electrons. The van der Waals surface area contributed by atoms with E-state index in [0.717, 1.165) is 0 Å². The van der Waals surface area contributed by atoms with Gasteiger partial charge in [0.05, 0.1) is 25.2 Å². The summed E-state index contributed by atoms with van der Waals surface area (Å²) in [5.41, 5.74) is 6.71. The van der Waals surface area contributed by atoms with Crippen LogP contribution >= 0.6 is 0 Å². The third kappa shape index (κ3) is 3.86. The van der Waals surface area contributed by atoms with E-state index in [1.165, 1.54) is 7.11 Å². The van der Waals surface area contributed by atoms with Crippen molar-refractivity contribution in [2.75, 3.05) is 20.0 Å². The van der Waals surface area contributed by atoms with Crippen molar-refractivity contribution in [1.29, 1.82) is 0 Å². The van der Waals surface area contributed by atoms with Crippen molar-refractivity contribution in [2.24, 2.45) is 5.73 Å². The first-order valence-corrected chi connectivity index (χ1v) is 8.26. The summed E-state index contributed by atoms with van der Waals surface area (Å²) in [6.45, 7) is 3.55. The van der Waals surface area contributed by atoms with Gasteiger partial charge in [-0.3, -0.25) is 0 Å². The SMILES string of the molecule is CCC(C)S(=O)(=O)CC(N)c1ccc(OC)cc1OC. The third-order valence-electron chi connectivity index (χ3n) is 3.44. The summed E-state index contributed by atoms with van der Waals surface area (Å²) in [6, 6.07) is 4.57. The van der Waals surface area contributed by atoms with Gasteiger partial charge in [0.2, 0.25) is 0 Å². The predicted molar refractivity (Wildman–Crippen MR) is 80.0 cm³/mol. The summed E-state index contributed by atoms with van der Waals surface area (Å²) < 4.78 is 34.6. The van der Waals surface area contributed by atoms with Crippen LogP contribution in [0.25, 0.3) is 0 Å². The lowest BCUT2D eigenvalue weighted by Crippen LogP contribution is -2.28. The van der Waals surface area contributed by atoms with Gasteiger partial charge in [-0.1, -0.05) is 13.0 Å². The molecule has 1 aromatic carbocycles. The van der Waals surface area contributed by atoms with Crippen molar-refractivity contribution in [3.05, 3.63) is 23.8 Å². The quantitative estimate of drug-likeness (QED) is 0.832. The third-order valence-corrected chi connectivity index (χ3v) is 5.82. The van der Waals surface area contributed by atoms with Gasteiger partial charge in [-0.25, -0.2) is 8.42 Å². The van der Waals surface area contributed by atoms with Gasteiger partial charge in [-0.05, 0) is 19.4 Å². The number of sulfone groups is 1. The lowest BCUT2D eigenvalue weighted by atomic mass is 10.1. The molecule has 5 nitrogen and oxygen atoms in total. The first kappa shape index (κ1) is 16.8. The Kier molecular flexibility index (Phi) is 5.83. The van der Waals surface area contributed by atoms with Gasteiger partial charge in [0.15, 0.2) is 9.84 Å².